The highest BCUT2D eigenvalue weighted by molar-refractivity contribution is 6.18. The number of nitrogens with zero attached hydrogens (tertiary/aromatic N) is 3. The number of fused-ring (bicyclic) bond motifs is 5. The Bertz CT molecular complexity index is 1310. The molecule has 0 aliphatic carbocycles. The first-order valence-electron chi connectivity index (χ1n) is 11.2. The van der Waals surface area contributed by atoms with E-state index in [9.17, 15) is 14.4 Å². The molecule has 2 aliphatic heterocycles. The van der Waals surface area contributed by atoms with Crippen molar-refractivity contribution in [1.29, 1.82) is 0 Å². The summed E-state index contributed by atoms with van der Waals surface area (Å²) in [5.41, 5.74) is 2.02. The van der Waals surface area contributed by atoms with Crippen LogP contribution in [0.3, 0.4) is 0 Å². The molecule has 35 heavy (non-hydrogen) atoms. The summed E-state index contributed by atoms with van der Waals surface area (Å²) < 4.78 is 10.9. The molecule has 3 heterocycles. The monoisotopic (exact) mass is 472 g/mol. The molecule has 1 N–H and O–H groups in total. The van der Waals surface area contributed by atoms with Gasteiger partial charge in [-0.15, -0.1) is 0 Å². The Labute approximate surface area is 202 Å². The van der Waals surface area contributed by atoms with Gasteiger partial charge in [-0.25, -0.2) is 4.98 Å². The smallest absolute Gasteiger partial charge is 0.264 e. The Morgan fingerprint density at radius 2 is 1.80 bits per heavy atom. The van der Waals surface area contributed by atoms with Crippen molar-refractivity contribution in [1.82, 2.24) is 9.88 Å². The topological polar surface area (TPSA) is 101 Å². The van der Waals surface area contributed by atoms with Crippen molar-refractivity contribution >= 4 is 29.2 Å². The summed E-state index contributed by atoms with van der Waals surface area (Å²) in [7, 11) is 3.00. The summed E-state index contributed by atoms with van der Waals surface area (Å²) in [4.78, 5) is 47.0. The van der Waals surface area contributed by atoms with Gasteiger partial charge in [0.05, 0.1) is 31.0 Å². The second-order valence-corrected chi connectivity index (χ2v) is 8.20. The fraction of sp³-hybridized carbons (Fsp3) is 0.231. The van der Waals surface area contributed by atoms with Crippen LogP contribution in [0.15, 0.2) is 60.8 Å². The first-order valence-corrected chi connectivity index (χ1v) is 11.2. The van der Waals surface area contributed by atoms with Crippen molar-refractivity contribution in [3.05, 3.63) is 77.5 Å². The molecule has 1 atom stereocenters. The number of carbonyl (C=O) groups is 3. The average Bonchev–Trinajstić information content (AvgIpc) is 3.18. The predicted molar refractivity (Wildman–Crippen MR) is 129 cm³/mol. The summed E-state index contributed by atoms with van der Waals surface area (Å²) in [6.07, 6.45) is 1.57. The number of aromatic nitrogens is 1. The SMILES string of the molecule is COc1ccc2c(c1OC)C(=O)N1c3ccccc3C(=O)N(CCCC(=O)Nc3ccccn3)[C@H]21. The van der Waals surface area contributed by atoms with Gasteiger partial charge in [0.25, 0.3) is 11.8 Å². The van der Waals surface area contributed by atoms with Crippen LogP contribution in [-0.4, -0.2) is 48.4 Å². The molecule has 0 saturated heterocycles. The molecule has 9 nitrogen and oxygen atoms in total. The molecular weight excluding hydrogens is 448 g/mol. The van der Waals surface area contributed by atoms with Gasteiger partial charge in [0.15, 0.2) is 11.5 Å². The molecule has 178 valence electrons. The van der Waals surface area contributed by atoms with Crippen LogP contribution < -0.4 is 19.7 Å². The number of carbonyl (C=O) groups excluding carboxylic acids is 3. The number of rotatable bonds is 7. The lowest BCUT2D eigenvalue weighted by atomic mass is 10.0. The minimum atomic E-state index is -0.640. The molecule has 9 heteroatoms. The largest absolute Gasteiger partial charge is 0.493 e. The van der Waals surface area contributed by atoms with Gasteiger partial charge in [-0.05, 0) is 36.8 Å². The summed E-state index contributed by atoms with van der Waals surface area (Å²) in [6.45, 7) is 0.283. The fourth-order valence-corrected chi connectivity index (χ4v) is 4.70. The first kappa shape index (κ1) is 22.4. The maximum absolute atomic E-state index is 13.7. The Balaban J connectivity index is 1.45. The molecule has 0 unspecified atom stereocenters. The maximum Gasteiger partial charge on any atom is 0.264 e. The highest BCUT2D eigenvalue weighted by atomic mass is 16.5. The van der Waals surface area contributed by atoms with Crippen molar-refractivity contribution in [2.75, 3.05) is 31.0 Å². The van der Waals surface area contributed by atoms with Gasteiger partial charge in [0.1, 0.15) is 12.0 Å². The summed E-state index contributed by atoms with van der Waals surface area (Å²) in [5.74, 6) is 0.601. The zero-order valence-electron chi connectivity index (χ0n) is 19.4. The molecule has 0 radical (unpaired) electrons. The summed E-state index contributed by atoms with van der Waals surface area (Å²) >= 11 is 0. The van der Waals surface area contributed by atoms with E-state index in [1.807, 2.05) is 0 Å². The Morgan fingerprint density at radius 1 is 1.00 bits per heavy atom. The van der Waals surface area contributed by atoms with Gasteiger partial charge >= 0.3 is 0 Å². The van der Waals surface area contributed by atoms with E-state index in [4.69, 9.17) is 9.47 Å². The maximum atomic E-state index is 13.7. The van der Waals surface area contributed by atoms with E-state index in [0.29, 0.717) is 46.1 Å². The minimum absolute atomic E-state index is 0.192. The first-order chi connectivity index (χ1) is 17.0. The van der Waals surface area contributed by atoms with Gasteiger partial charge in [-0.1, -0.05) is 24.3 Å². The highest BCUT2D eigenvalue weighted by Gasteiger charge is 2.49. The van der Waals surface area contributed by atoms with Crippen LogP contribution in [0.1, 0.15) is 45.3 Å². The number of hydrogen-bond acceptors (Lipinski definition) is 6. The van der Waals surface area contributed by atoms with E-state index < -0.39 is 6.17 Å². The number of nitrogens with one attached hydrogen (secondary N) is 1. The van der Waals surface area contributed by atoms with Crippen molar-refractivity contribution in [3.8, 4) is 11.5 Å². The lowest BCUT2D eigenvalue weighted by Crippen LogP contribution is -2.48. The van der Waals surface area contributed by atoms with Crippen LogP contribution in [0.4, 0.5) is 11.5 Å². The van der Waals surface area contributed by atoms with Crippen molar-refractivity contribution in [2.45, 2.75) is 19.0 Å². The van der Waals surface area contributed by atoms with E-state index in [-0.39, 0.29) is 30.7 Å². The average molecular weight is 473 g/mol. The second kappa shape index (κ2) is 9.09. The summed E-state index contributed by atoms with van der Waals surface area (Å²) in [5, 5.41) is 2.75. The van der Waals surface area contributed by atoms with E-state index in [1.54, 1.807) is 70.6 Å². The zero-order chi connectivity index (χ0) is 24.5. The van der Waals surface area contributed by atoms with Gasteiger partial charge in [0, 0.05) is 24.7 Å². The third-order valence-corrected chi connectivity index (χ3v) is 6.22. The number of amides is 3. The van der Waals surface area contributed by atoms with Gasteiger partial charge in [-0.3, -0.25) is 19.3 Å². The molecule has 1 aromatic heterocycles. The molecule has 0 bridgehead atoms. The second-order valence-electron chi connectivity index (χ2n) is 8.20. The number of pyridine rings is 1. The highest BCUT2D eigenvalue weighted by Crippen LogP contribution is 2.49. The van der Waals surface area contributed by atoms with Gasteiger partial charge in [-0.2, -0.15) is 0 Å². The zero-order valence-corrected chi connectivity index (χ0v) is 19.4. The van der Waals surface area contributed by atoms with Crippen LogP contribution in [0.25, 0.3) is 0 Å². The van der Waals surface area contributed by atoms with E-state index in [2.05, 4.69) is 10.3 Å². The van der Waals surface area contributed by atoms with Crippen LogP contribution in [-0.2, 0) is 4.79 Å². The van der Waals surface area contributed by atoms with E-state index >= 15 is 0 Å². The van der Waals surface area contributed by atoms with Crippen LogP contribution in [0.5, 0.6) is 11.5 Å². The molecular formula is C26H24N4O5. The Hall–Kier alpha value is -4.40. The molecule has 3 amide bonds. The molecule has 2 aromatic carbocycles. The third-order valence-electron chi connectivity index (χ3n) is 6.22. The number of ether oxygens (including phenoxy) is 2. The predicted octanol–water partition coefficient (Wildman–Crippen LogP) is 3.63. The number of methoxy groups -OCH3 is 2. The minimum Gasteiger partial charge on any atom is -0.493 e. The molecule has 5 rings (SSSR count). The van der Waals surface area contributed by atoms with Crippen LogP contribution in [0, 0.1) is 0 Å². The number of hydrogen-bond donors (Lipinski definition) is 1. The van der Waals surface area contributed by atoms with E-state index in [0.717, 1.165) is 0 Å². The number of benzene rings is 2. The summed E-state index contributed by atoms with van der Waals surface area (Å²) in [6, 6.07) is 15.9. The van der Waals surface area contributed by atoms with Crippen molar-refractivity contribution in [3.63, 3.8) is 0 Å². The van der Waals surface area contributed by atoms with E-state index in [1.165, 1.54) is 14.2 Å². The number of anilines is 2. The van der Waals surface area contributed by atoms with Gasteiger partial charge in [0.2, 0.25) is 5.91 Å². The third kappa shape index (κ3) is 3.74. The molecule has 2 aliphatic rings. The standard InChI is InChI=1S/C26H24N4O5/c1-34-19-13-12-17-22(23(19)35-2)26(33)30-18-9-4-3-8-16(18)25(32)29(24(17)30)15-7-11-21(31)28-20-10-5-6-14-27-20/h3-6,8-10,12-14,24H,7,11,15H2,1-2H3,(H,27,28,31)/t24-/m0/s1. The Kier molecular flexibility index (Phi) is 5.82. The normalized spacial score (nSPS) is 15.9. The fourth-order valence-electron chi connectivity index (χ4n) is 4.70. The lowest BCUT2D eigenvalue weighted by molar-refractivity contribution is -0.116. The quantitative estimate of drug-likeness (QED) is 0.564. The molecule has 0 fully saturated rings. The molecule has 0 saturated carbocycles. The number of para-hydroxylation sites is 1. The van der Waals surface area contributed by atoms with Gasteiger partial charge < -0.3 is 19.7 Å². The van der Waals surface area contributed by atoms with Crippen LogP contribution in [0.2, 0.25) is 0 Å². The van der Waals surface area contributed by atoms with Crippen LogP contribution >= 0.6 is 0 Å². The van der Waals surface area contributed by atoms with Crippen molar-refractivity contribution in [2.24, 2.45) is 0 Å². The van der Waals surface area contributed by atoms with Crippen molar-refractivity contribution < 1.29 is 23.9 Å². The molecule has 3 aromatic rings. The molecule has 0 spiro atoms. The lowest BCUT2D eigenvalue weighted by Gasteiger charge is -2.41. The Morgan fingerprint density at radius 3 is 2.54 bits per heavy atom.